The molecule has 0 saturated carbocycles. The number of hydrogen-bond acceptors (Lipinski definition) is 6. The van der Waals surface area contributed by atoms with Gasteiger partial charge in [0.15, 0.2) is 5.65 Å². The first kappa shape index (κ1) is 24.9. The number of phenols is 1. The monoisotopic (exact) mass is 583 g/mol. The molecule has 8 nitrogen and oxygen atoms in total. The lowest BCUT2D eigenvalue weighted by atomic mass is 10.0. The fourth-order valence-electron chi connectivity index (χ4n) is 4.80. The number of benzene rings is 3. The third-order valence-corrected chi connectivity index (χ3v) is 7.36. The number of para-hydroxylation sites is 2. The van der Waals surface area contributed by atoms with Crippen molar-refractivity contribution in [1.29, 1.82) is 0 Å². The summed E-state index contributed by atoms with van der Waals surface area (Å²) in [6, 6.07) is 26.0. The van der Waals surface area contributed by atoms with Crippen LogP contribution in [0, 0.1) is 0 Å². The molecule has 0 spiro atoms. The first-order valence-electron chi connectivity index (χ1n) is 12.8. The Balaban J connectivity index is 1.15. The summed E-state index contributed by atoms with van der Waals surface area (Å²) in [6.45, 7) is 1.26. The molecule has 1 amide bonds. The second kappa shape index (κ2) is 10.8. The second-order valence-corrected chi connectivity index (χ2v) is 10.3. The van der Waals surface area contributed by atoms with Gasteiger partial charge in [-0.3, -0.25) is 4.79 Å². The van der Waals surface area contributed by atoms with Crippen LogP contribution < -0.4 is 10.1 Å². The van der Waals surface area contributed by atoms with Crippen LogP contribution in [0.25, 0.3) is 16.9 Å². The number of carbonyl (C=O) groups excluding carboxylic acids is 1. The molecule has 1 aliphatic rings. The maximum absolute atomic E-state index is 13.3. The van der Waals surface area contributed by atoms with E-state index in [0.29, 0.717) is 41.3 Å². The quantitative estimate of drug-likeness (QED) is 0.241. The van der Waals surface area contributed by atoms with Gasteiger partial charge < -0.3 is 20.1 Å². The Morgan fingerprint density at radius 3 is 2.49 bits per heavy atom. The van der Waals surface area contributed by atoms with E-state index >= 15 is 0 Å². The van der Waals surface area contributed by atoms with Gasteiger partial charge >= 0.3 is 0 Å². The van der Waals surface area contributed by atoms with Crippen LogP contribution in [0.3, 0.4) is 0 Å². The van der Waals surface area contributed by atoms with E-state index in [4.69, 9.17) is 9.72 Å². The SMILES string of the molecule is O=C(c1cccc(Oc2ccccc2)c1)N1CCC(Nc2cc(-c3ccccc3O)nc3c(Br)cnn23)CC1. The van der Waals surface area contributed by atoms with Crippen LogP contribution in [-0.4, -0.2) is 49.6 Å². The predicted molar refractivity (Wildman–Crippen MR) is 153 cm³/mol. The lowest BCUT2D eigenvalue weighted by molar-refractivity contribution is 0.0718. The molecule has 3 aromatic carbocycles. The van der Waals surface area contributed by atoms with Crippen molar-refractivity contribution in [3.8, 4) is 28.5 Å². The molecule has 196 valence electrons. The molecule has 2 aromatic heterocycles. The Kier molecular flexibility index (Phi) is 6.89. The molecule has 39 heavy (non-hydrogen) atoms. The van der Waals surface area contributed by atoms with E-state index in [1.807, 2.05) is 71.6 Å². The fraction of sp³-hybridized carbons (Fsp3) is 0.167. The van der Waals surface area contributed by atoms with E-state index in [2.05, 4.69) is 26.3 Å². The van der Waals surface area contributed by atoms with E-state index in [-0.39, 0.29) is 17.7 Å². The maximum atomic E-state index is 13.3. The van der Waals surface area contributed by atoms with Crippen LogP contribution in [0.2, 0.25) is 0 Å². The average molecular weight is 584 g/mol. The van der Waals surface area contributed by atoms with Gasteiger partial charge in [-0.2, -0.15) is 9.61 Å². The van der Waals surface area contributed by atoms with Gasteiger partial charge in [-0.1, -0.05) is 36.4 Å². The van der Waals surface area contributed by atoms with Gasteiger partial charge in [0.05, 0.1) is 16.4 Å². The maximum Gasteiger partial charge on any atom is 0.253 e. The standard InChI is InChI=1S/C30H26BrN5O3/c31-25-19-32-36-28(18-26(34-29(25)36)24-11-4-5-12-27(24)37)33-21-13-15-35(16-14-21)30(38)20-7-6-10-23(17-20)39-22-8-2-1-3-9-22/h1-12,17-19,21,33,37H,13-16H2. The topological polar surface area (TPSA) is 92.0 Å². The Morgan fingerprint density at radius 1 is 0.949 bits per heavy atom. The number of nitrogens with one attached hydrogen (secondary N) is 1. The van der Waals surface area contributed by atoms with Crippen LogP contribution in [0.4, 0.5) is 5.82 Å². The van der Waals surface area contributed by atoms with Crippen molar-refractivity contribution >= 4 is 33.3 Å². The van der Waals surface area contributed by atoms with Crippen molar-refractivity contribution in [1.82, 2.24) is 19.5 Å². The summed E-state index contributed by atoms with van der Waals surface area (Å²) in [6.07, 6.45) is 3.27. The first-order valence-corrected chi connectivity index (χ1v) is 13.6. The molecule has 6 rings (SSSR count). The number of nitrogens with zero attached hydrogens (tertiary/aromatic N) is 4. The van der Waals surface area contributed by atoms with Crippen molar-refractivity contribution in [2.75, 3.05) is 18.4 Å². The molecule has 0 bridgehead atoms. The predicted octanol–water partition coefficient (Wildman–Crippen LogP) is 6.37. The molecular formula is C30H26BrN5O3. The number of piperidine rings is 1. The molecule has 9 heteroatoms. The van der Waals surface area contributed by atoms with Crippen molar-refractivity contribution in [3.63, 3.8) is 0 Å². The number of hydrogen-bond donors (Lipinski definition) is 2. The van der Waals surface area contributed by atoms with Crippen LogP contribution in [0.15, 0.2) is 95.6 Å². The summed E-state index contributed by atoms with van der Waals surface area (Å²) in [4.78, 5) is 19.9. The van der Waals surface area contributed by atoms with Gasteiger partial charge in [-0.15, -0.1) is 0 Å². The highest BCUT2D eigenvalue weighted by Crippen LogP contribution is 2.32. The van der Waals surface area contributed by atoms with Crippen LogP contribution >= 0.6 is 15.9 Å². The van der Waals surface area contributed by atoms with E-state index < -0.39 is 0 Å². The van der Waals surface area contributed by atoms with Gasteiger partial charge in [0, 0.05) is 36.3 Å². The summed E-state index contributed by atoms with van der Waals surface area (Å²) in [7, 11) is 0. The van der Waals surface area contributed by atoms with E-state index in [9.17, 15) is 9.90 Å². The highest BCUT2D eigenvalue weighted by Gasteiger charge is 2.25. The number of rotatable bonds is 6. The van der Waals surface area contributed by atoms with Gasteiger partial charge in [0.25, 0.3) is 5.91 Å². The number of anilines is 1. The number of carbonyl (C=O) groups is 1. The van der Waals surface area contributed by atoms with Crippen molar-refractivity contribution in [2.45, 2.75) is 18.9 Å². The van der Waals surface area contributed by atoms with Gasteiger partial charge in [-0.05, 0) is 71.2 Å². The Labute approximate surface area is 234 Å². The highest BCUT2D eigenvalue weighted by atomic mass is 79.9. The summed E-state index contributed by atoms with van der Waals surface area (Å²) < 4.78 is 8.43. The largest absolute Gasteiger partial charge is 0.507 e. The third kappa shape index (κ3) is 5.31. The zero-order valence-corrected chi connectivity index (χ0v) is 22.6. The molecule has 2 N–H and O–H groups in total. The number of ether oxygens (including phenoxy) is 1. The number of phenolic OH excluding ortho intramolecular Hbond substituents is 1. The zero-order valence-electron chi connectivity index (χ0n) is 21.0. The molecule has 1 aliphatic heterocycles. The fourth-order valence-corrected chi connectivity index (χ4v) is 5.15. The molecule has 0 radical (unpaired) electrons. The number of fused-ring (bicyclic) bond motifs is 1. The van der Waals surface area contributed by atoms with E-state index in [1.54, 1.807) is 28.9 Å². The minimum absolute atomic E-state index is 0.00360. The van der Waals surface area contributed by atoms with Crippen molar-refractivity contribution < 1.29 is 14.6 Å². The number of halogens is 1. The summed E-state index contributed by atoms with van der Waals surface area (Å²) in [5, 5.41) is 18.5. The summed E-state index contributed by atoms with van der Waals surface area (Å²) in [5.74, 6) is 2.31. The molecule has 0 unspecified atom stereocenters. The summed E-state index contributed by atoms with van der Waals surface area (Å²) >= 11 is 3.53. The molecular weight excluding hydrogens is 558 g/mol. The molecule has 0 aliphatic carbocycles. The van der Waals surface area contributed by atoms with E-state index in [1.165, 1.54) is 0 Å². The average Bonchev–Trinajstić information content (AvgIpc) is 3.35. The zero-order chi connectivity index (χ0) is 26.8. The number of aromatic nitrogens is 3. The molecule has 5 aromatic rings. The normalized spacial score (nSPS) is 13.9. The van der Waals surface area contributed by atoms with Gasteiger partial charge in [-0.25, -0.2) is 4.98 Å². The summed E-state index contributed by atoms with van der Waals surface area (Å²) in [5.41, 5.74) is 2.56. The number of amides is 1. The Morgan fingerprint density at radius 2 is 1.69 bits per heavy atom. The van der Waals surface area contributed by atoms with Crippen LogP contribution in [-0.2, 0) is 0 Å². The first-order chi connectivity index (χ1) is 19.0. The highest BCUT2D eigenvalue weighted by molar-refractivity contribution is 9.10. The number of likely N-dealkylation sites (tertiary alicyclic amines) is 1. The minimum atomic E-state index is -0.00360. The Bertz CT molecular complexity index is 1630. The van der Waals surface area contributed by atoms with Crippen LogP contribution in [0.1, 0.15) is 23.2 Å². The molecule has 1 saturated heterocycles. The molecule has 0 atom stereocenters. The van der Waals surface area contributed by atoms with Crippen molar-refractivity contribution in [2.24, 2.45) is 0 Å². The van der Waals surface area contributed by atoms with Gasteiger partial charge in [0.2, 0.25) is 0 Å². The second-order valence-electron chi connectivity index (χ2n) is 9.43. The number of aromatic hydroxyl groups is 1. The van der Waals surface area contributed by atoms with Crippen LogP contribution in [0.5, 0.6) is 17.2 Å². The van der Waals surface area contributed by atoms with Crippen molar-refractivity contribution in [3.05, 3.63) is 101 Å². The lowest BCUT2D eigenvalue weighted by Crippen LogP contribution is -2.42. The molecule has 3 heterocycles. The minimum Gasteiger partial charge on any atom is -0.507 e. The Hall–Kier alpha value is -4.37. The third-order valence-electron chi connectivity index (χ3n) is 6.80. The van der Waals surface area contributed by atoms with Gasteiger partial charge in [0.1, 0.15) is 23.1 Å². The lowest BCUT2D eigenvalue weighted by Gasteiger charge is -2.33. The molecule has 1 fully saturated rings. The smallest absolute Gasteiger partial charge is 0.253 e. The van der Waals surface area contributed by atoms with E-state index in [0.717, 1.165) is 28.9 Å².